The van der Waals surface area contributed by atoms with Crippen LogP contribution < -0.4 is 5.32 Å². The second-order valence-electron chi connectivity index (χ2n) is 5.71. The smallest absolute Gasteiger partial charge is 0.0465 e. The van der Waals surface area contributed by atoms with Gasteiger partial charge in [0.25, 0.3) is 0 Å². The molecule has 2 rings (SSSR count). The van der Waals surface area contributed by atoms with Gasteiger partial charge in [-0.05, 0) is 43.4 Å². The Balaban J connectivity index is 2.00. The summed E-state index contributed by atoms with van der Waals surface area (Å²) in [6.07, 6.45) is 3.52. The Morgan fingerprint density at radius 2 is 2.20 bits per heavy atom. The lowest BCUT2D eigenvalue weighted by atomic mass is 9.92. The molecule has 0 fully saturated rings. The lowest BCUT2D eigenvalue weighted by Crippen LogP contribution is -2.43. The summed E-state index contributed by atoms with van der Waals surface area (Å²) in [5.74, 6) is 0.647. The Bertz CT molecular complexity index is 385. The molecule has 3 unspecified atom stereocenters. The molecular formula is C17H27NOS. The Morgan fingerprint density at radius 3 is 2.90 bits per heavy atom. The fourth-order valence-electron chi connectivity index (χ4n) is 2.90. The van der Waals surface area contributed by atoms with E-state index in [2.05, 4.69) is 55.2 Å². The number of nitrogens with one attached hydrogen (secondary N) is 1. The highest BCUT2D eigenvalue weighted by atomic mass is 32.2. The van der Waals surface area contributed by atoms with Crippen molar-refractivity contribution in [1.82, 2.24) is 5.32 Å². The lowest BCUT2D eigenvalue weighted by molar-refractivity contribution is 0.169. The standard InChI is InChI=1S/C17H27NOS/c1-4-10-18-17(13(2)9-11-19-3)16-12-14-7-5-6-8-15(14)20-16/h5-8,13,16-18H,4,9-12H2,1-3H3. The fraction of sp³-hybridized carbons (Fsp3) is 0.647. The molecule has 0 aliphatic carbocycles. The first-order valence-corrected chi connectivity index (χ1v) is 8.61. The van der Waals surface area contributed by atoms with E-state index < -0.39 is 0 Å². The Kier molecular flexibility index (Phi) is 6.40. The number of fused-ring (bicyclic) bond motifs is 1. The molecule has 2 nitrogen and oxygen atoms in total. The van der Waals surface area contributed by atoms with Gasteiger partial charge in [0.2, 0.25) is 0 Å². The quantitative estimate of drug-likeness (QED) is 0.789. The van der Waals surface area contributed by atoms with Gasteiger partial charge in [0, 0.05) is 29.9 Å². The molecule has 112 valence electrons. The number of hydrogen-bond donors (Lipinski definition) is 1. The number of rotatable bonds is 8. The zero-order chi connectivity index (χ0) is 14.4. The van der Waals surface area contributed by atoms with E-state index in [1.54, 1.807) is 7.11 Å². The van der Waals surface area contributed by atoms with Gasteiger partial charge in [0.05, 0.1) is 0 Å². The summed E-state index contributed by atoms with van der Waals surface area (Å²) >= 11 is 2.05. The first-order chi connectivity index (χ1) is 9.76. The minimum Gasteiger partial charge on any atom is -0.385 e. The van der Waals surface area contributed by atoms with Crippen LogP contribution in [0.2, 0.25) is 0 Å². The van der Waals surface area contributed by atoms with Gasteiger partial charge in [-0.15, -0.1) is 11.8 Å². The zero-order valence-electron chi connectivity index (χ0n) is 12.9. The molecule has 1 aliphatic heterocycles. The van der Waals surface area contributed by atoms with Crippen LogP contribution in [0.25, 0.3) is 0 Å². The largest absolute Gasteiger partial charge is 0.385 e. The van der Waals surface area contributed by atoms with Crippen molar-refractivity contribution in [3.63, 3.8) is 0 Å². The van der Waals surface area contributed by atoms with Gasteiger partial charge in [0.1, 0.15) is 0 Å². The maximum Gasteiger partial charge on any atom is 0.0465 e. The van der Waals surface area contributed by atoms with E-state index in [1.165, 1.54) is 23.3 Å². The summed E-state index contributed by atoms with van der Waals surface area (Å²) < 4.78 is 5.26. The third-order valence-electron chi connectivity index (χ3n) is 4.09. The van der Waals surface area contributed by atoms with Gasteiger partial charge in [-0.2, -0.15) is 0 Å². The molecule has 0 amide bonds. The molecule has 0 spiro atoms. The van der Waals surface area contributed by atoms with Crippen LogP contribution in [0.5, 0.6) is 0 Å². The van der Waals surface area contributed by atoms with Crippen LogP contribution in [0.4, 0.5) is 0 Å². The van der Waals surface area contributed by atoms with E-state index in [4.69, 9.17) is 4.74 Å². The molecule has 3 atom stereocenters. The van der Waals surface area contributed by atoms with Crippen LogP contribution in [-0.2, 0) is 11.2 Å². The summed E-state index contributed by atoms with van der Waals surface area (Å²) in [5, 5.41) is 4.44. The third kappa shape index (κ3) is 4.00. The fourth-order valence-corrected chi connectivity index (χ4v) is 4.46. The van der Waals surface area contributed by atoms with Crippen molar-refractivity contribution in [2.75, 3.05) is 20.3 Å². The van der Waals surface area contributed by atoms with Crippen molar-refractivity contribution >= 4 is 11.8 Å². The Hall–Kier alpha value is -0.510. The molecule has 0 saturated carbocycles. The van der Waals surface area contributed by atoms with Crippen LogP contribution in [0.15, 0.2) is 29.2 Å². The van der Waals surface area contributed by atoms with Crippen molar-refractivity contribution < 1.29 is 4.74 Å². The minimum atomic E-state index is 0.572. The SMILES string of the molecule is CCCNC(C(C)CCOC)C1Cc2ccccc2S1. The average Bonchev–Trinajstić information content (AvgIpc) is 2.89. The average molecular weight is 293 g/mol. The number of methoxy groups -OCH3 is 1. The maximum absolute atomic E-state index is 5.26. The number of thioether (sulfide) groups is 1. The molecule has 0 bridgehead atoms. The van der Waals surface area contributed by atoms with Gasteiger partial charge in [0.15, 0.2) is 0 Å². The number of hydrogen-bond acceptors (Lipinski definition) is 3. The number of benzene rings is 1. The molecule has 1 heterocycles. The molecule has 20 heavy (non-hydrogen) atoms. The summed E-state index contributed by atoms with van der Waals surface area (Å²) in [6, 6.07) is 9.42. The van der Waals surface area contributed by atoms with Crippen LogP contribution >= 0.6 is 11.8 Å². The Labute approximate surface area is 127 Å². The first kappa shape index (κ1) is 15.9. The molecule has 0 saturated heterocycles. The summed E-state index contributed by atoms with van der Waals surface area (Å²) in [7, 11) is 1.79. The molecule has 1 aromatic carbocycles. The normalized spacial score (nSPS) is 20.6. The van der Waals surface area contributed by atoms with Crippen molar-refractivity contribution in [2.45, 2.75) is 49.3 Å². The van der Waals surface area contributed by atoms with Gasteiger partial charge in [-0.25, -0.2) is 0 Å². The van der Waals surface area contributed by atoms with Gasteiger partial charge < -0.3 is 10.1 Å². The molecule has 0 radical (unpaired) electrons. The topological polar surface area (TPSA) is 21.3 Å². The monoisotopic (exact) mass is 293 g/mol. The van der Waals surface area contributed by atoms with Crippen LogP contribution in [0, 0.1) is 5.92 Å². The van der Waals surface area contributed by atoms with E-state index in [9.17, 15) is 0 Å². The highest BCUT2D eigenvalue weighted by Gasteiger charge is 2.32. The molecule has 1 aliphatic rings. The van der Waals surface area contributed by atoms with E-state index in [0.717, 1.165) is 19.6 Å². The van der Waals surface area contributed by atoms with Gasteiger partial charge >= 0.3 is 0 Å². The predicted molar refractivity (Wildman–Crippen MR) is 87.5 cm³/mol. The van der Waals surface area contributed by atoms with Crippen LogP contribution in [0.1, 0.15) is 32.3 Å². The highest BCUT2D eigenvalue weighted by molar-refractivity contribution is 8.00. The van der Waals surface area contributed by atoms with Crippen molar-refractivity contribution in [3.05, 3.63) is 29.8 Å². The van der Waals surface area contributed by atoms with E-state index in [0.29, 0.717) is 17.2 Å². The van der Waals surface area contributed by atoms with E-state index in [-0.39, 0.29) is 0 Å². The van der Waals surface area contributed by atoms with Crippen molar-refractivity contribution in [1.29, 1.82) is 0 Å². The molecular weight excluding hydrogens is 266 g/mol. The summed E-state index contributed by atoms with van der Waals surface area (Å²) in [6.45, 7) is 6.56. The van der Waals surface area contributed by atoms with Crippen molar-refractivity contribution in [3.8, 4) is 0 Å². The second-order valence-corrected chi connectivity index (χ2v) is 6.99. The van der Waals surface area contributed by atoms with E-state index in [1.807, 2.05) is 0 Å². The third-order valence-corrected chi connectivity index (χ3v) is 5.51. The molecule has 0 aromatic heterocycles. The zero-order valence-corrected chi connectivity index (χ0v) is 13.7. The van der Waals surface area contributed by atoms with Crippen molar-refractivity contribution in [2.24, 2.45) is 5.92 Å². The number of ether oxygens (including phenoxy) is 1. The predicted octanol–water partition coefficient (Wildman–Crippen LogP) is 3.74. The van der Waals surface area contributed by atoms with Gasteiger partial charge in [-0.1, -0.05) is 32.0 Å². The summed E-state index contributed by atoms with van der Waals surface area (Å²) in [5.41, 5.74) is 1.52. The highest BCUT2D eigenvalue weighted by Crippen LogP contribution is 2.40. The summed E-state index contributed by atoms with van der Waals surface area (Å²) in [4.78, 5) is 1.47. The maximum atomic E-state index is 5.26. The molecule has 1 aromatic rings. The van der Waals surface area contributed by atoms with Crippen LogP contribution in [0.3, 0.4) is 0 Å². The second kappa shape index (κ2) is 8.06. The first-order valence-electron chi connectivity index (χ1n) is 7.73. The van der Waals surface area contributed by atoms with Gasteiger partial charge in [-0.3, -0.25) is 0 Å². The molecule has 1 N–H and O–H groups in total. The Morgan fingerprint density at radius 1 is 1.40 bits per heavy atom. The molecule has 3 heteroatoms. The lowest BCUT2D eigenvalue weighted by Gasteiger charge is -2.30. The minimum absolute atomic E-state index is 0.572. The van der Waals surface area contributed by atoms with E-state index >= 15 is 0 Å². The van der Waals surface area contributed by atoms with Crippen LogP contribution in [-0.4, -0.2) is 31.6 Å².